The van der Waals surface area contributed by atoms with E-state index in [4.69, 9.17) is 4.52 Å². The molecule has 0 radical (unpaired) electrons. The van der Waals surface area contributed by atoms with E-state index in [1.54, 1.807) is 0 Å². The van der Waals surface area contributed by atoms with Gasteiger partial charge in [0.1, 0.15) is 0 Å². The SMILES string of the molecule is Cc1noc(CCCN2CCS(=O)CC2)n1. The number of aryl methyl sites for hydroxylation is 2. The van der Waals surface area contributed by atoms with Crippen molar-refractivity contribution in [2.24, 2.45) is 0 Å². The quantitative estimate of drug-likeness (QED) is 0.765. The van der Waals surface area contributed by atoms with Crippen molar-refractivity contribution in [1.29, 1.82) is 0 Å². The summed E-state index contributed by atoms with van der Waals surface area (Å²) in [6.45, 7) is 4.76. The van der Waals surface area contributed by atoms with Crippen molar-refractivity contribution < 1.29 is 8.73 Å². The summed E-state index contributed by atoms with van der Waals surface area (Å²) in [5, 5.41) is 3.75. The Bertz CT molecular complexity index is 357. The molecule has 0 aromatic carbocycles. The maximum absolute atomic E-state index is 11.2. The summed E-state index contributed by atoms with van der Waals surface area (Å²) < 4.78 is 16.2. The summed E-state index contributed by atoms with van der Waals surface area (Å²) in [7, 11) is -0.582. The zero-order valence-corrected chi connectivity index (χ0v) is 10.3. The third-order valence-electron chi connectivity index (χ3n) is 2.70. The largest absolute Gasteiger partial charge is 0.339 e. The van der Waals surface area contributed by atoms with Crippen LogP contribution in [0, 0.1) is 6.92 Å². The Hall–Kier alpha value is -0.750. The molecule has 1 aromatic heterocycles. The van der Waals surface area contributed by atoms with Crippen LogP contribution in [-0.4, -0.2) is 50.4 Å². The minimum absolute atomic E-state index is 0.582. The predicted molar refractivity (Wildman–Crippen MR) is 61.7 cm³/mol. The molecule has 16 heavy (non-hydrogen) atoms. The fourth-order valence-corrected chi connectivity index (χ4v) is 2.92. The van der Waals surface area contributed by atoms with E-state index in [-0.39, 0.29) is 0 Å². The Morgan fingerprint density at radius 3 is 2.81 bits per heavy atom. The Balaban J connectivity index is 1.66. The Kier molecular flexibility index (Phi) is 4.06. The molecule has 1 fully saturated rings. The monoisotopic (exact) mass is 243 g/mol. The fraction of sp³-hybridized carbons (Fsp3) is 0.800. The molecule has 6 heteroatoms. The van der Waals surface area contributed by atoms with Crippen molar-refractivity contribution in [3.63, 3.8) is 0 Å². The number of rotatable bonds is 4. The molecule has 1 aliphatic rings. The Morgan fingerprint density at radius 1 is 1.44 bits per heavy atom. The maximum Gasteiger partial charge on any atom is 0.226 e. The van der Waals surface area contributed by atoms with Gasteiger partial charge in [-0.1, -0.05) is 5.16 Å². The second-order valence-electron chi connectivity index (χ2n) is 4.03. The average Bonchev–Trinajstić information content (AvgIpc) is 2.67. The second kappa shape index (κ2) is 5.54. The van der Waals surface area contributed by atoms with Crippen molar-refractivity contribution in [2.45, 2.75) is 19.8 Å². The molecule has 1 aliphatic heterocycles. The molecule has 1 aromatic rings. The van der Waals surface area contributed by atoms with Crippen molar-refractivity contribution in [1.82, 2.24) is 15.0 Å². The molecule has 0 spiro atoms. The highest BCUT2D eigenvalue weighted by atomic mass is 32.2. The van der Waals surface area contributed by atoms with Gasteiger partial charge in [0.15, 0.2) is 5.82 Å². The van der Waals surface area contributed by atoms with Crippen molar-refractivity contribution in [3.8, 4) is 0 Å². The third kappa shape index (κ3) is 3.38. The van der Waals surface area contributed by atoms with Crippen LogP contribution in [0.2, 0.25) is 0 Å². The molecule has 2 heterocycles. The lowest BCUT2D eigenvalue weighted by molar-refractivity contribution is 0.287. The number of hydrogen-bond donors (Lipinski definition) is 0. The first kappa shape index (κ1) is 11.7. The minimum atomic E-state index is -0.582. The molecule has 1 saturated heterocycles. The van der Waals surface area contributed by atoms with Gasteiger partial charge >= 0.3 is 0 Å². The van der Waals surface area contributed by atoms with Crippen LogP contribution in [-0.2, 0) is 17.2 Å². The summed E-state index contributed by atoms with van der Waals surface area (Å²) in [6, 6.07) is 0. The van der Waals surface area contributed by atoms with Gasteiger partial charge in [-0.2, -0.15) is 4.98 Å². The zero-order valence-electron chi connectivity index (χ0n) is 9.52. The van der Waals surface area contributed by atoms with Crippen molar-refractivity contribution in [2.75, 3.05) is 31.1 Å². The topological polar surface area (TPSA) is 59.2 Å². The fourth-order valence-electron chi connectivity index (χ4n) is 1.79. The van der Waals surface area contributed by atoms with Gasteiger partial charge in [0, 0.05) is 41.8 Å². The zero-order chi connectivity index (χ0) is 11.4. The second-order valence-corrected chi connectivity index (χ2v) is 5.72. The molecule has 0 bridgehead atoms. The van der Waals surface area contributed by atoms with Gasteiger partial charge in [-0.3, -0.25) is 4.21 Å². The molecule has 90 valence electrons. The van der Waals surface area contributed by atoms with Crippen LogP contribution in [0.1, 0.15) is 18.1 Å². The van der Waals surface area contributed by atoms with Gasteiger partial charge in [-0.15, -0.1) is 0 Å². The van der Waals surface area contributed by atoms with E-state index < -0.39 is 10.8 Å². The molecule has 0 unspecified atom stereocenters. The van der Waals surface area contributed by atoms with Gasteiger partial charge in [0.25, 0.3) is 0 Å². The predicted octanol–water partition coefficient (Wildman–Crippen LogP) is 0.375. The third-order valence-corrected chi connectivity index (χ3v) is 3.98. The maximum atomic E-state index is 11.2. The Morgan fingerprint density at radius 2 is 2.19 bits per heavy atom. The van der Waals surface area contributed by atoms with Gasteiger partial charge in [0.2, 0.25) is 5.89 Å². The number of nitrogens with zero attached hydrogens (tertiary/aromatic N) is 3. The van der Waals surface area contributed by atoms with E-state index in [0.29, 0.717) is 5.82 Å². The smallest absolute Gasteiger partial charge is 0.226 e. The molecule has 0 saturated carbocycles. The molecule has 0 atom stereocenters. The summed E-state index contributed by atoms with van der Waals surface area (Å²) in [5.41, 5.74) is 0. The van der Waals surface area contributed by atoms with Crippen LogP contribution >= 0.6 is 0 Å². The van der Waals surface area contributed by atoms with E-state index >= 15 is 0 Å². The number of aromatic nitrogens is 2. The van der Waals surface area contributed by atoms with Crippen LogP contribution in [0.4, 0.5) is 0 Å². The number of hydrogen-bond acceptors (Lipinski definition) is 5. The molecular weight excluding hydrogens is 226 g/mol. The van der Waals surface area contributed by atoms with E-state index in [1.807, 2.05) is 6.92 Å². The lowest BCUT2D eigenvalue weighted by atomic mass is 10.3. The van der Waals surface area contributed by atoms with Crippen LogP contribution in [0.15, 0.2) is 4.52 Å². The molecule has 0 N–H and O–H groups in total. The van der Waals surface area contributed by atoms with Crippen LogP contribution in [0.3, 0.4) is 0 Å². The van der Waals surface area contributed by atoms with Crippen LogP contribution in [0.25, 0.3) is 0 Å². The van der Waals surface area contributed by atoms with Crippen LogP contribution < -0.4 is 0 Å². The first-order valence-corrected chi connectivity index (χ1v) is 7.09. The lowest BCUT2D eigenvalue weighted by Crippen LogP contribution is -2.38. The molecule has 5 nitrogen and oxygen atoms in total. The normalized spacial score (nSPS) is 19.1. The van der Waals surface area contributed by atoms with E-state index in [9.17, 15) is 4.21 Å². The average molecular weight is 243 g/mol. The highest BCUT2D eigenvalue weighted by Crippen LogP contribution is 2.04. The van der Waals surface area contributed by atoms with Crippen molar-refractivity contribution in [3.05, 3.63) is 11.7 Å². The molecular formula is C10H17N3O2S. The highest BCUT2D eigenvalue weighted by Gasteiger charge is 2.14. The summed E-state index contributed by atoms with van der Waals surface area (Å²) in [6.07, 6.45) is 1.86. The summed E-state index contributed by atoms with van der Waals surface area (Å²) in [4.78, 5) is 6.51. The van der Waals surface area contributed by atoms with Crippen molar-refractivity contribution >= 4 is 10.8 Å². The van der Waals surface area contributed by atoms with E-state index in [2.05, 4.69) is 15.0 Å². The Labute approximate surface area is 97.7 Å². The van der Waals surface area contributed by atoms with Crippen LogP contribution in [0.5, 0.6) is 0 Å². The van der Waals surface area contributed by atoms with Gasteiger partial charge in [-0.25, -0.2) is 0 Å². The molecule has 0 amide bonds. The first-order valence-electron chi connectivity index (χ1n) is 5.60. The van der Waals surface area contributed by atoms with Gasteiger partial charge < -0.3 is 9.42 Å². The highest BCUT2D eigenvalue weighted by molar-refractivity contribution is 7.85. The van der Waals surface area contributed by atoms with Gasteiger partial charge in [0.05, 0.1) is 0 Å². The van der Waals surface area contributed by atoms with Gasteiger partial charge in [-0.05, 0) is 19.9 Å². The van der Waals surface area contributed by atoms with E-state index in [1.165, 1.54) is 0 Å². The molecule has 0 aliphatic carbocycles. The standard InChI is InChI=1S/C10H17N3O2S/c1-9-11-10(15-12-9)3-2-4-13-5-7-16(14)8-6-13/h2-8H2,1H3. The first-order chi connectivity index (χ1) is 7.74. The van der Waals surface area contributed by atoms with E-state index in [0.717, 1.165) is 49.9 Å². The summed E-state index contributed by atoms with van der Waals surface area (Å²) in [5.74, 6) is 3.06. The lowest BCUT2D eigenvalue weighted by Gasteiger charge is -2.25. The summed E-state index contributed by atoms with van der Waals surface area (Å²) >= 11 is 0. The molecule has 2 rings (SSSR count). The minimum Gasteiger partial charge on any atom is -0.339 e.